The first-order valence-corrected chi connectivity index (χ1v) is 13.5. The van der Waals surface area contributed by atoms with Crippen molar-refractivity contribution in [2.75, 3.05) is 12.9 Å². The van der Waals surface area contributed by atoms with Crippen LogP contribution in [0.4, 0.5) is 4.39 Å². The maximum Gasteiger partial charge on any atom is 0.264 e. The standard InChI is InChI=1S/C25H25ClFN3O3S/c1-34(31,32)33-14-21(25-29-23-8-6-17(26)12-24(23)30-25)16-4-2-15(3-5-16)19-10-11-28-22-9-7-18(27)13-20(19)22/h6-13,15-16,21H,2-5,14H2,1H3,(H,29,30). The first kappa shape index (κ1) is 23.2. The van der Waals surface area contributed by atoms with Crippen LogP contribution in [0.2, 0.25) is 5.02 Å². The van der Waals surface area contributed by atoms with Crippen molar-refractivity contribution < 1.29 is 17.0 Å². The first-order chi connectivity index (χ1) is 16.3. The molecule has 1 saturated carbocycles. The van der Waals surface area contributed by atoms with Crippen LogP contribution in [-0.2, 0) is 14.3 Å². The van der Waals surface area contributed by atoms with Crippen LogP contribution in [0.25, 0.3) is 21.9 Å². The van der Waals surface area contributed by atoms with Crippen molar-refractivity contribution in [3.8, 4) is 0 Å². The van der Waals surface area contributed by atoms with Crippen LogP contribution in [0.3, 0.4) is 0 Å². The summed E-state index contributed by atoms with van der Waals surface area (Å²) < 4.78 is 42.7. The van der Waals surface area contributed by atoms with E-state index >= 15 is 0 Å². The maximum atomic E-state index is 13.9. The minimum absolute atomic E-state index is 0.0329. The zero-order valence-corrected chi connectivity index (χ0v) is 20.2. The fraction of sp³-hybridized carbons (Fsp3) is 0.360. The van der Waals surface area contributed by atoms with Gasteiger partial charge in [0.2, 0.25) is 0 Å². The minimum Gasteiger partial charge on any atom is -0.342 e. The van der Waals surface area contributed by atoms with Gasteiger partial charge >= 0.3 is 0 Å². The largest absolute Gasteiger partial charge is 0.342 e. The molecule has 0 radical (unpaired) electrons. The summed E-state index contributed by atoms with van der Waals surface area (Å²) in [6.07, 6.45) is 6.40. The third-order valence-electron chi connectivity index (χ3n) is 6.79. The number of halogens is 2. The molecule has 0 amide bonds. The molecule has 2 aromatic carbocycles. The van der Waals surface area contributed by atoms with E-state index in [1.807, 2.05) is 18.2 Å². The molecule has 1 N–H and O–H groups in total. The van der Waals surface area contributed by atoms with E-state index in [-0.39, 0.29) is 30.2 Å². The van der Waals surface area contributed by atoms with E-state index in [2.05, 4.69) is 9.97 Å². The SMILES string of the molecule is CS(=O)(=O)OCC(c1nc2ccc(Cl)cc2[nH]1)C1CCC(c2ccnc3ccc(F)cc23)CC1. The number of nitrogens with one attached hydrogen (secondary N) is 1. The predicted octanol–water partition coefficient (Wildman–Crippen LogP) is 5.94. The van der Waals surface area contributed by atoms with Gasteiger partial charge < -0.3 is 4.98 Å². The molecule has 34 heavy (non-hydrogen) atoms. The van der Waals surface area contributed by atoms with Crippen LogP contribution < -0.4 is 0 Å². The van der Waals surface area contributed by atoms with Crippen molar-refractivity contribution >= 4 is 43.7 Å². The summed E-state index contributed by atoms with van der Waals surface area (Å²) in [6.45, 7) is 0.0329. The lowest BCUT2D eigenvalue weighted by Crippen LogP contribution is -2.25. The number of H-pyrrole nitrogens is 1. The third kappa shape index (κ3) is 4.94. The Hall–Kier alpha value is -2.55. The summed E-state index contributed by atoms with van der Waals surface area (Å²) >= 11 is 6.12. The molecule has 2 heterocycles. The monoisotopic (exact) mass is 501 g/mol. The molecule has 4 aromatic rings. The average molecular weight is 502 g/mol. The number of rotatable bonds is 6. The highest BCUT2D eigenvalue weighted by molar-refractivity contribution is 7.85. The van der Waals surface area contributed by atoms with Crippen LogP contribution >= 0.6 is 11.6 Å². The summed E-state index contributed by atoms with van der Waals surface area (Å²) in [5.41, 5.74) is 3.50. The van der Waals surface area contributed by atoms with Crippen LogP contribution in [0.5, 0.6) is 0 Å². The molecule has 5 rings (SSSR count). The molecule has 1 aliphatic carbocycles. The highest BCUT2D eigenvalue weighted by atomic mass is 35.5. The van der Waals surface area contributed by atoms with Crippen molar-refractivity contribution in [2.24, 2.45) is 5.92 Å². The second-order valence-electron chi connectivity index (χ2n) is 9.05. The van der Waals surface area contributed by atoms with Gasteiger partial charge in [0.1, 0.15) is 11.6 Å². The molecule has 178 valence electrons. The van der Waals surface area contributed by atoms with E-state index in [0.29, 0.717) is 10.8 Å². The zero-order valence-electron chi connectivity index (χ0n) is 18.7. The summed E-state index contributed by atoms with van der Waals surface area (Å²) in [6, 6.07) is 12.1. The molecule has 1 fully saturated rings. The Balaban J connectivity index is 1.40. The summed E-state index contributed by atoms with van der Waals surface area (Å²) in [7, 11) is -3.59. The van der Waals surface area contributed by atoms with E-state index in [9.17, 15) is 12.8 Å². The highest BCUT2D eigenvalue weighted by Gasteiger charge is 2.32. The van der Waals surface area contributed by atoms with Crippen molar-refractivity contribution in [1.29, 1.82) is 0 Å². The summed E-state index contributed by atoms with van der Waals surface area (Å²) in [4.78, 5) is 12.4. The Morgan fingerprint density at radius 2 is 1.88 bits per heavy atom. The number of benzene rings is 2. The Labute approximate surface area is 202 Å². The van der Waals surface area contributed by atoms with Crippen LogP contribution in [0.15, 0.2) is 48.7 Å². The number of imidazole rings is 1. The van der Waals surface area contributed by atoms with E-state index in [1.54, 1.807) is 24.4 Å². The number of pyridine rings is 1. The van der Waals surface area contributed by atoms with Gasteiger partial charge in [0.15, 0.2) is 0 Å². The average Bonchev–Trinajstić information content (AvgIpc) is 3.21. The van der Waals surface area contributed by atoms with Crippen LogP contribution in [0.1, 0.15) is 48.9 Å². The second-order valence-corrected chi connectivity index (χ2v) is 11.1. The molecular formula is C25H25ClFN3O3S. The lowest BCUT2D eigenvalue weighted by Gasteiger charge is -2.33. The van der Waals surface area contributed by atoms with Crippen molar-refractivity contribution in [3.05, 3.63) is 70.9 Å². The Morgan fingerprint density at radius 1 is 1.12 bits per heavy atom. The molecule has 1 aliphatic rings. The topological polar surface area (TPSA) is 84.9 Å². The maximum absolute atomic E-state index is 13.9. The third-order valence-corrected chi connectivity index (χ3v) is 7.59. The smallest absolute Gasteiger partial charge is 0.264 e. The molecule has 0 aliphatic heterocycles. The molecule has 0 bridgehead atoms. The Morgan fingerprint density at radius 3 is 2.65 bits per heavy atom. The van der Waals surface area contributed by atoms with Gasteiger partial charge in [0.05, 0.1) is 29.4 Å². The Kier molecular flexibility index (Phi) is 6.31. The normalized spacial score (nSPS) is 20.1. The number of nitrogens with zero attached hydrogens (tertiary/aromatic N) is 2. The predicted molar refractivity (Wildman–Crippen MR) is 131 cm³/mol. The van der Waals surface area contributed by atoms with Gasteiger partial charge in [-0.1, -0.05) is 11.6 Å². The van der Waals surface area contributed by atoms with Gasteiger partial charge in [-0.3, -0.25) is 9.17 Å². The van der Waals surface area contributed by atoms with Gasteiger partial charge in [-0.05, 0) is 85.5 Å². The van der Waals surface area contributed by atoms with E-state index in [4.69, 9.17) is 20.8 Å². The van der Waals surface area contributed by atoms with Crippen LogP contribution in [0, 0.1) is 11.7 Å². The van der Waals surface area contributed by atoms with E-state index in [1.165, 1.54) is 6.07 Å². The van der Waals surface area contributed by atoms with E-state index < -0.39 is 10.1 Å². The number of aromatic amines is 1. The van der Waals surface area contributed by atoms with Gasteiger partial charge in [0, 0.05) is 22.5 Å². The fourth-order valence-corrected chi connectivity index (χ4v) is 5.71. The van der Waals surface area contributed by atoms with Gasteiger partial charge in [0.25, 0.3) is 10.1 Å². The van der Waals surface area contributed by atoms with Gasteiger partial charge in [-0.2, -0.15) is 8.42 Å². The van der Waals surface area contributed by atoms with Gasteiger partial charge in [-0.15, -0.1) is 0 Å². The van der Waals surface area contributed by atoms with Crippen molar-refractivity contribution in [1.82, 2.24) is 15.0 Å². The summed E-state index contributed by atoms with van der Waals surface area (Å²) in [5.74, 6) is 0.723. The second kappa shape index (κ2) is 9.24. The molecule has 0 saturated heterocycles. The zero-order chi connectivity index (χ0) is 23.9. The molecule has 1 unspecified atom stereocenters. The van der Waals surface area contributed by atoms with Crippen molar-refractivity contribution in [2.45, 2.75) is 37.5 Å². The quantitative estimate of drug-likeness (QED) is 0.330. The lowest BCUT2D eigenvalue weighted by atomic mass is 9.73. The van der Waals surface area contributed by atoms with E-state index in [0.717, 1.165) is 59.4 Å². The molecule has 0 spiro atoms. The number of hydrogen-bond donors (Lipinski definition) is 1. The molecule has 9 heteroatoms. The number of hydrogen-bond acceptors (Lipinski definition) is 5. The highest BCUT2D eigenvalue weighted by Crippen LogP contribution is 2.43. The Bertz CT molecular complexity index is 1450. The molecular weight excluding hydrogens is 477 g/mol. The lowest BCUT2D eigenvalue weighted by molar-refractivity contribution is 0.204. The minimum atomic E-state index is -3.59. The molecule has 2 aromatic heterocycles. The molecule has 1 atom stereocenters. The summed E-state index contributed by atoms with van der Waals surface area (Å²) in [5, 5.41) is 1.46. The van der Waals surface area contributed by atoms with Crippen LogP contribution in [-0.4, -0.2) is 36.2 Å². The first-order valence-electron chi connectivity index (χ1n) is 11.3. The number of fused-ring (bicyclic) bond motifs is 2. The van der Waals surface area contributed by atoms with Gasteiger partial charge in [-0.25, -0.2) is 9.37 Å². The molecule has 6 nitrogen and oxygen atoms in total. The number of aromatic nitrogens is 3. The van der Waals surface area contributed by atoms with Crippen molar-refractivity contribution in [3.63, 3.8) is 0 Å². The fourth-order valence-electron chi connectivity index (χ4n) is 5.14.